The Balaban J connectivity index is 2.46. The predicted molar refractivity (Wildman–Crippen MR) is 60.2 cm³/mol. The molecule has 0 saturated carbocycles. The van der Waals surface area contributed by atoms with Gasteiger partial charge in [0.05, 0.1) is 5.84 Å². The Labute approximate surface area is 85.1 Å². The molecule has 0 saturated heterocycles. The van der Waals surface area contributed by atoms with Crippen molar-refractivity contribution in [3.63, 3.8) is 0 Å². The minimum absolute atomic E-state index is 0.627. The summed E-state index contributed by atoms with van der Waals surface area (Å²) in [5.41, 5.74) is 2.60. The fourth-order valence-electron chi connectivity index (χ4n) is 2.10. The van der Waals surface area contributed by atoms with Crippen LogP contribution in [0.5, 0.6) is 0 Å². The lowest BCUT2D eigenvalue weighted by atomic mass is 9.91. The average molecular weight is 188 g/mol. The first-order valence-corrected chi connectivity index (χ1v) is 5.12. The minimum atomic E-state index is 0.627. The zero-order valence-corrected chi connectivity index (χ0v) is 8.75. The third-order valence-corrected chi connectivity index (χ3v) is 2.95. The van der Waals surface area contributed by atoms with E-state index in [-0.39, 0.29) is 0 Å². The number of para-hydroxylation sites is 1. The summed E-state index contributed by atoms with van der Waals surface area (Å²) in [7, 11) is 0. The van der Waals surface area contributed by atoms with Gasteiger partial charge < -0.3 is 4.90 Å². The molecule has 1 aliphatic rings. The summed E-state index contributed by atoms with van der Waals surface area (Å²) in [6.07, 6.45) is 1.15. The fraction of sp³-hybridized carbons (Fsp3) is 0.417. The molecule has 1 heterocycles. The second kappa shape index (κ2) is 3.45. The zero-order chi connectivity index (χ0) is 10.1. The Bertz CT molecular complexity index is 357. The smallest absolute Gasteiger partial charge is 0.0970 e. The molecule has 2 heteroatoms. The topological polar surface area (TPSA) is 27.1 Å². The van der Waals surface area contributed by atoms with Crippen LogP contribution in [0.3, 0.4) is 0 Å². The van der Waals surface area contributed by atoms with Gasteiger partial charge in [0.2, 0.25) is 0 Å². The van der Waals surface area contributed by atoms with E-state index >= 15 is 0 Å². The monoisotopic (exact) mass is 188 g/mol. The molecule has 74 valence electrons. The third kappa shape index (κ3) is 1.41. The molecular weight excluding hydrogens is 172 g/mol. The van der Waals surface area contributed by atoms with Gasteiger partial charge in [-0.1, -0.05) is 25.1 Å². The first kappa shape index (κ1) is 9.25. The molecule has 1 N–H and O–H groups in total. The summed E-state index contributed by atoms with van der Waals surface area (Å²) in [6.45, 7) is 5.09. The van der Waals surface area contributed by atoms with Gasteiger partial charge in [0.15, 0.2) is 0 Å². The maximum absolute atomic E-state index is 7.71. The Morgan fingerprint density at radius 2 is 2.14 bits per heavy atom. The van der Waals surface area contributed by atoms with E-state index in [2.05, 4.69) is 30.0 Å². The van der Waals surface area contributed by atoms with E-state index < -0.39 is 0 Å². The number of benzene rings is 1. The number of anilines is 1. The van der Waals surface area contributed by atoms with Gasteiger partial charge in [0, 0.05) is 12.2 Å². The number of nitrogens with one attached hydrogen (secondary N) is 1. The molecule has 1 aliphatic heterocycles. The molecule has 0 radical (unpaired) electrons. The summed E-state index contributed by atoms with van der Waals surface area (Å²) in [6, 6.07) is 8.42. The van der Waals surface area contributed by atoms with Crippen molar-refractivity contribution < 1.29 is 0 Å². The molecule has 14 heavy (non-hydrogen) atoms. The van der Waals surface area contributed by atoms with Crippen LogP contribution >= 0.6 is 0 Å². The van der Waals surface area contributed by atoms with Crippen LogP contribution in [0, 0.1) is 5.41 Å². The Hall–Kier alpha value is -1.31. The predicted octanol–water partition coefficient (Wildman–Crippen LogP) is 3.00. The number of amidine groups is 1. The average Bonchev–Trinajstić information content (AvgIpc) is 2.18. The van der Waals surface area contributed by atoms with Gasteiger partial charge in [0.25, 0.3) is 0 Å². The molecule has 1 unspecified atom stereocenters. The standard InChI is InChI=1S/C12H16N2/c1-9-7-8-14(10(2)13)12-6-4-3-5-11(9)12/h3-6,9,13H,7-8H2,1-2H3. The lowest BCUT2D eigenvalue weighted by Crippen LogP contribution is -2.34. The van der Waals surface area contributed by atoms with Crippen LogP contribution in [0.4, 0.5) is 5.69 Å². The summed E-state index contributed by atoms with van der Waals surface area (Å²) >= 11 is 0. The lowest BCUT2D eigenvalue weighted by Gasteiger charge is -2.33. The number of nitrogens with zero attached hydrogens (tertiary/aromatic N) is 1. The van der Waals surface area contributed by atoms with Gasteiger partial charge in [-0.2, -0.15) is 0 Å². The van der Waals surface area contributed by atoms with Gasteiger partial charge in [-0.3, -0.25) is 5.41 Å². The molecular formula is C12H16N2. The molecule has 1 aromatic carbocycles. The van der Waals surface area contributed by atoms with Crippen LogP contribution in [-0.2, 0) is 0 Å². The SMILES string of the molecule is CC(=N)N1CCC(C)c2ccccc21. The van der Waals surface area contributed by atoms with Crippen LogP contribution in [0.2, 0.25) is 0 Å². The molecule has 0 aromatic heterocycles. The highest BCUT2D eigenvalue weighted by molar-refractivity contribution is 5.94. The minimum Gasteiger partial charge on any atom is -0.330 e. The first-order valence-electron chi connectivity index (χ1n) is 5.12. The van der Waals surface area contributed by atoms with Crippen LogP contribution < -0.4 is 4.90 Å². The van der Waals surface area contributed by atoms with Crippen molar-refractivity contribution >= 4 is 11.5 Å². The molecule has 0 spiro atoms. The molecule has 0 fully saturated rings. The van der Waals surface area contributed by atoms with Gasteiger partial charge in [-0.05, 0) is 30.9 Å². The molecule has 0 bridgehead atoms. The van der Waals surface area contributed by atoms with Gasteiger partial charge in [0.1, 0.15) is 0 Å². The Morgan fingerprint density at radius 1 is 1.43 bits per heavy atom. The Morgan fingerprint density at radius 3 is 2.86 bits per heavy atom. The van der Waals surface area contributed by atoms with Crippen molar-refractivity contribution in [3.05, 3.63) is 29.8 Å². The van der Waals surface area contributed by atoms with E-state index in [0.29, 0.717) is 11.8 Å². The van der Waals surface area contributed by atoms with Crippen LogP contribution in [0.1, 0.15) is 31.7 Å². The van der Waals surface area contributed by atoms with Crippen molar-refractivity contribution in [3.8, 4) is 0 Å². The number of hydrogen-bond donors (Lipinski definition) is 1. The summed E-state index contributed by atoms with van der Waals surface area (Å²) < 4.78 is 0. The van der Waals surface area contributed by atoms with E-state index in [4.69, 9.17) is 5.41 Å². The third-order valence-electron chi connectivity index (χ3n) is 2.95. The van der Waals surface area contributed by atoms with E-state index in [0.717, 1.165) is 13.0 Å². The van der Waals surface area contributed by atoms with Crippen molar-refractivity contribution in [1.82, 2.24) is 0 Å². The largest absolute Gasteiger partial charge is 0.330 e. The lowest BCUT2D eigenvalue weighted by molar-refractivity contribution is 0.654. The first-order chi connectivity index (χ1) is 6.70. The quantitative estimate of drug-likeness (QED) is 0.492. The van der Waals surface area contributed by atoms with Crippen molar-refractivity contribution in [1.29, 1.82) is 5.41 Å². The van der Waals surface area contributed by atoms with Crippen molar-refractivity contribution in [2.24, 2.45) is 0 Å². The highest BCUT2D eigenvalue weighted by Crippen LogP contribution is 2.34. The van der Waals surface area contributed by atoms with E-state index in [1.54, 1.807) is 0 Å². The molecule has 0 amide bonds. The molecule has 2 nitrogen and oxygen atoms in total. The number of rotatable bonds is 0. The zero-order valence-electron chi connectivity index (χ0n) is 8.75. The van der Waals surface area contributed by atoms with Gasteiger partial charge in [-0.25, -0.2) is 0 Å². The Kier molecular flexibility index (Phi) is 2.28. The van der Waals surface area contributed by atoms with E-state index in [1.807, 2.05) is 13.0 Å². The van der Waals surface area contributed by atoms with Crippen LogP contribution in [0.15, 0.2) is 24.3 Å². The number of fused-ring (bicyclic) bond motifs is 1. The van der Waals surface area contributed by atoms with Gasteiger partial charge in [-0.15, -0.1) is 0 Å². The maximum atomic E-state index is 7.71. The molecule has 2 rings (SSSR count). The van der Waals surface area contributed by atoms with E-state index in [1.165, 1.54) is 11.3 Å². The molecule has 0 aliphatic carbocycles. The second-order valence-electron chi connectivity index (χ2n) is 3.99. The van der Waals surface area contributed by atoms with E-state index in [9.17, 15) is 0 Å². The summed E-state index contributed by atoms with van der Waals surface area (Å²) in [5.74, 6) is 1.27. The molecule has 1 aromatic rings. The highest BCUT2D eigenvalue weighted by atomic mass is 15.2. The number of hydrogen-bond acceptors (Lipinski definition) is 1. The molecule has 1 atom stereocenters. The summed E-state index contributed by atoms with van der Waals surface area (Å²) in [4.78, 5) is 2.09. The normalized spacial score (nSPS) is 20.4. The van der Waals surface area contributed by atoms with Crippen molar-refractivity contribution in [2.45, 2.75) is 26.2 Å². The van der Waals surface area contributed by atoms with Gasteiger partial charge >= 0.3 is 0 Å². The highest BCUT2D eigenvalue weighted by Gasteiger charge is 2.22. The van der Waals surface area contributed by atoms with Crippen LogP contribution in [-0.4, -0.2) is 12.4 Å². The maximum Gasteiger partial charge on any atom is 0.0970 e. The summed E-state index contributed by atoms with van der Waals surface area (Å²) in [5, 5.41) is 7.71. The fourth-order valence-corrected chi connectivity index (χ4v) is 2.10. The second-order valence-corrected chi connectivity index (χ2v) is 3.99. The van der Waals surface area contributed by atoms with Crippen molar-refractivity contribution in [2.75, 3.05) is 11.4 Å². The van der Waals surface area contributed by atoms with Crippen LogP contribution in [0.25, 0.3) is 0 Å².